The van der Waals surface area contributed by atoms with Crippen molar-refractivity contribution in [1.82, 2.24) is 14.9 Å². The first-order valence-electron chi connectivity index (χ1n) is 8.70. The third-order valence-electron chi connectivity index (χ3n) is 4.87. The second-order valence-corrected chi connectivity index (χ2v) is 6.58. The fourth-order valence-electron chi connectivity index (χ4n) is 3.24. The largest absolute Gasteiger partial charge is 0.478 e. The highest BCUT2D eigenvalue weighted by atomic mass is 16.5. The Morgan fingerprint density at radius 3 is 2.67 bits per heavy atom. The Morgan fingerprint density at radius 2 is 2.00 bits per heavy atom. The molecule has 0 atom stereocenters. The number of hydrogen-bond acceptors (Lipinski definition) is 6. The van der Waals surface area contributed by atoms with Gasteiger partial charge in [-0.1, -0.05) is 6.92 Å². The average Bonchev–Trinajstić information content (AvgIpc) is 2.62. The van der Waals surface area contributed by atoms with E-state index in [1.54, 1.807) is 12.3 Å². The third kappa shape index (κ3) is 3.61. The smallest absolute Gasteiger partial charge is 0.228 e. The number of piperazine rings is 1. The van der Waals surface area contributed by atoms with Crippen molar-refractivity contribution >= 4 is 11.9 Å². The quantitative estimate of drug-likeness (QED) is 0.828. The summed E-state index contributed by atoms with van der Waals surface area (Å²) in [6.07, 6.45) is 3.34. The van der Waals surface area contributed by atoms with Crippen LogP contribution in [0.5, 0.6) is 5.88 Å². The van der Waals surface area contributed by atoms with Crippen LogP contribution in [0.15, 0.2) is 12.3 Å². The molecule has 1 aromatic rings. The van der Waals surface area contributed by atoms with Crippen LogP contribution in [0.4, 0.5) is 5.95 Å². The number of ether oxygens (including phenoxy) is 2. The van der Waals surface area contributed by atoms with Gasteiger partial charge in [0, 0.05) is 51.7 Å². The fraction of sp³-hybridized carbons (Fsp3) is 0.706. The van der Waals surface area contributed by atoms with Crippen molar-refractivity contribution in [2.45, 2.75) is 26.7 Å². The molecular formula is C17H26N4O3. The fourth-order valence-corrected chi connectivity index (χ4v) is 3.24. The van der Waals surface area contributed by atoms with E-state index >= 15 is 0 Å². The topological polar surface area (TPSA) is 67.8 Å². The highest BCUT2D eigenvalue weighted by Gasteiger charge is 2.39. The van der Waals surface area contributed by atoms with Gasteiger partial charge in [0.05, 0.1) is 12.0 Å². The van der Waals surface area contributed by atoms with E-state index in [9.17, 15) is 4.79 Å². The summed E-state index contributed by atoms with van der Waals surface area (Å²) in [6.45, 7) is 8.85. The van der Waals surface area contributed by atoms with Crippen LogP contribution in [0.2, 0.25) is 0 Å². The molecule has 7 nitrogen and oxygen atoms in total. The Morgan fingerprint density at radius 1 is 1.29 bits per heavy atom. The van der Waals surface area contributed by atoms with E-state index in [2.05, 4.69) is 21.8 Å². The van der Waals surface area contributed by atoms with E-state index in [0.717, 1.165) is 25.9 Å². The van der Waals surface area contributed by atoms with Gasteiger partial charge < -0.3 is 19.3 Å². The van der Waals surface area contributed by atoms with Crippen LogP contribution < -0.4 is 9.64 Å². The Hall–Kier alpha value is -1.89. The maximum Gasteiger partial charge on any atom is 0.228 e. The molecule has 1 amide bonds. The summed E-state index contributed by atoms with van der Waals surface area (Å²) >= 11 is 0. The van der Waals surface area contributed by atoms with Gasteiger partial charge in [0.15, 0.2) is 0 Å². The van der Waals surface area contributed by atoms with Gasteiger partial charge in [-0.25, -0.2) is 4.98 Å². The lowest BCUT2D eigenvalue weighted by molar-refractivity contribution is -0.146. The van der Waals surface area contributed by atoms with Crippen LogP contribution in [0.25, 0.3) is 0 Å². The molecule has 1 aromatic heterocycles. The minimum atomic E-state index is -0.272. The Labute approximate surface area is 143 Å². The average molecular weight is 334 g/mol. The van der Waals surface area contributed by atoms with Gasteiger partial charge in [0.1, 0.15) is 0 Å². The number of carbonyl (C=O) groups excluding carboxylic acids is 1. The molecule has 0 radical (unpaired) electrons. The summed E-state index contributed by atoms with van der Waals surface area (Å²) < 4.78 is 10.8. The lowest BCUT2D eigenvalue weighted by Gasteiger charge is -2.41. The van der Waals surface area contributed by atoms with Crippen LogP contribution in [0.3, 0.4) is 0 Å². The van der Waals surface area contributed by atoms with E-state index in [0.29, 0.717) is 44.7 Å². The second kappa shape index (κ2) is 7.34. The number of rotatable bonds is 4. The molecule has 132 valence electrons. The summed E-state index contributed by atoms with van der Waals surface area (Å²) in [5, 5.41) is 0. The first kappa shape index (κ1) is 17.0. The Kier molecular flexibility index (Phi) is 5.18. The van der Waals surface area contributed by atoms with Crippen molar-refractivity contribution in [2.75, 3.05) is 50.9 Å². The molecular weight excluding hydrogens is 308 g/mol. The van der Waals surface area contributed by atoms with Crippen molar-refractivity contribution in [1.29, 1.82) is 0 Å². The Balaban J connectivity index is 1.59. The number of anilines is 1. The van der Waals surface area contributed by atoms with Crippen molar-refractivity contribution in [2.24, 2.45) is 5.41 Å². The van der Waals surface area contributed by atoms with Crippen molar-refractivity contribution < 1.29 is 14.3 Å². The summed E-state index contributed by atoms with van der Waals surface area (Å²) in [5.74, 6) is 1.52. The molecule has 0 bridgehead atoms. The first-order valence-corrected chi connectivity index (χ1v) is 8.70. The minimum Gasteiger partial charge on any atom is -0.478 e. The van der Waals surface area contributed by atoms with Crippen molar-refractivity contribution in [3.8, 4) is 5.88 Å². The number of carbonyl (C=O) groups is 1. The molecule has 7 heteroatoms. The molecule has 2 saturated heterocycles. The third-order valence-corrected chi connectivity index (χ3v) is 4.87. The SMILES string of the molecule is CCOc1ccnc(N2CCN(C(=O)C3(C)CCOCC3)CC2)n1. The highest BCUT2D eigenvalue weighted by molar-refractivity contribution is 5.82. The zero-order valence-electron chi connectivity index (χ0n) is 14.5. The maximum atomic E-state index is 12.9. The summed E-state index contributed by atoms with van der Waals surface area (Å²) in [7, 11) is 0. The summed E-state index contributed by atoms with van der Waals surface area (Å²) in [4.78, 5) is 25.7. The minimum absolute atomic E-state index is 0.259. The molecule has 24 heavy (non-hydrogen) atoms. The number of aromatic nitrogens is 2. The molecule has 0 aliphatic carbocycles. The van der Waals surface area contributed by atoms with Crippen LogP contribution in [0.1, 0.15) is 26.7 Å². The van der Waals surface area contributed by atoms with E-state index in [1.165, 1.54) is 0 Å². The molecule has 0 N–H and O–H groups in total. The van der Waals surface area contributed by atoms with Gasteiger partial charge in [0.2, 0.25) is 17.7 Å². The summed E-state index contributed by atoms with van der Waals surface area (Å²) in [5.41, 5.74) is -0.272. The lowest BCUT2D eigenvalue weighted by atomic mass is 9.81. The first-order chi connectivity index (χ1) is 11.6. The molecule has 0 unspecified atom stereocenters. The standard InChI is InChI=1S/C17H26N4O3/c1-3-24-14-4-7-18-16(19-14)21-10-8-20(9-11-21)15(22)17(2)5-12-23-13-6-17/h4,7H,3,5-6,8-13H2,1-2H3. The van der Waals surface area contributed by atoms with Gasteiger partial charge in [-0.15, -0.1) is 0 Å². The molecule has 2 aliphatic heterocycles. The van der Waals surface area contributed by atoms with Crippen molar-refractivity contribution in [3.05, 3.63) is 12.3 Å². The van der Waals surface area contributed by atoms with Crippen LogP contribution in [-0.4, -0.2) is 66.8 Å². The van der Waals surface area contributed by atoms with E-state index in [4.69, 9.17) is 9.47 Å². The second-order valence-electron chi connectivity index (χ2n) is 6.58. The van der Waals surface area contributed by atoms with E-state index in [-0.39, 0.29) is 11.3 Å². The van der Waals surface area contributed by atoms with Crippen molar-refractivity contribution in [3.63, 3.8) is 0 Å². The molecule has 0 aromatic carbocycles. The monoisotopic (exact) mass is 334 g/mol. The normalized spacial score (nSPS) is 20.8. The number of amides is 1. The molecule has 2 aliphatic rings. The number of hydrogen-bond donors (Lipinski definition) is 0. The van der Waals surface area contributed by atoms with E-state index < -0.39 is 0 Å². The highest BCUT2D eigenvalue weighted by Crippen LogP contribution is 2.32. The zero-order valence-corrected chi connectivity index (χ0v) is 14.5. The molecule has 0 spiro atoms. The molecule has 3 heterocycles. The predicted octanol–water partition coefficient (Wildman–Crippen LogP) is 1.34. The van der Waals surface area contributed by atoms with Crippen LogP contribution in [-0.2, 0) is 9.53 Å². The lowest BCUT2D eigenvalue weighted by Crippen LogP contribution is -2.54. The van der Waals surface area contributed by atoms with Gasteiger partial charge >= 0.3 is 0 Å². The summed E-state index contributed by atoms with van der Waals surface area (Å²) in [6, 6.07) is 1.76. The van der Waals surface area contributed by atoms with E-state index in [1.807, 2.05) is 11.8 Å². The van der Waals surface area contributed by atoms with Crippen LogP contribution in [0, 0.1) is 5.41 Å². The van der Waals surface area contributed by atoms with Gasteiger partial charge in [-0.3, -0.25) is 4.79 Å². The molecule has 3 rings (SSSR count). The number of nitrogens with zero attached hydrogens (tertiary/aromatic N) is 4. The van der Waals surface area contributed by atoms with Gasteiger partial charge in [0.25, 0.3) is 0 Å². The zero-order chi connectivity index (χ0) is 17.0. The molecule has 2 fully saturated rings. The predicted molar refractivity (Wildman–Crippen MR) is 90.2 cm³/mol. The van der Waals surface area contributed by atoms with Gasteiger partial charge in [-0.2, -0.15) is 4.98 Å². The Bertz CT molecular complexity index is 567. The van der Waals surface area contributed by atoms with Crippen LogP contribution >= 0.6 is 0 Å². The van der Waals surface area contributed by atoms with Gasteiger partial charge in [-0.05, 0) is 19.8 Å². The molecule has 0 saturated carbocycles. The maximum absolute atomic E-state index is 12.9.